The summed E-state index contributed by atoms with van der Waals surface area (Å²) in [6, 6.07) is 0. The summed E-state index contributed by atoms with van der Waals surface area (Å²) in [6.07, 6.45) is 4.99. The summed E-state index contributed by atoms with van der Waals surface area (Å²) in [6.45, 7) is 6.75. The van der Waals surface area contributed by atoms with Crippen LogP contribution in [0.5, 0.6) is 0 Å². The molecule has 3 heteroatoms. The van der Waals surface area contributed by atoms with E-state index in [1.54, 1.807) is 6.92 Å². The zero-order valence-electron chi connectivity index (χ0n) is 8.82. The van der Waals surface area contributed by atoms with Gasteiger partial charge in [-0.2, -0.15) is 0 Å². The molecule has 2 nitrogen and oxygen atoms in total. The van der Waals surface area contributed by atoms with Gasteiger partial charge in [0.1, 0.15) is 0 Å². The molecule has 78 valence electrons. The van der Waals surface area contributed by atoms with Crippen molar-refractivity contribution in [3.05, 3.63) is 0 Å². The molecule has 0 rings (SSSR count). The fraction of sp³-hybridized carbons (Fsp3) is 0.900. The summed E-state index contributed by atoms with van der Waals surface area (Å²) in [5.41, 5.74) is 0. The summed E-state index contributed by atoms with van der Waals surface area (Å²) in [7, 11) is 0. The lowest BCUT2D eigenvalue weighted by molar-refractivity contribution is -0.119. The number of alkyl halides is 1. The van der Waals surface area contributed by atoms with Crippen LogP contribution in [0.2, 0.25) is 0 Å². The standard InChI is InChI=1S/C10H20INO/c1-4-5-6-7-10(3,11)8-12-9(2)13/h4-8H2,1-3H3,(H,12,13)/t10-/m1/s1. The number of carbonyl (C=O) groups excluding carboxylic acids is 1. The first-order valence-electron chi connectivity index (χ1n) is 4.91. The highest BCUT2D eigenvalue weighted by molar-refractivity contribution is 14.1. The summed E-state index contributed by atoms with van der Waals surface area (Å²) >= 11 is 2.43. The first-order chi connectivity index (χ1) is 5.98. The molecule has 1 amide bonds. The second-order valence-corrected chi connectivity index (χ2v) is 6.38. The molecule has 0 aliphatic carbocycles. The highest BCUT2D eigenvalue weighted by Crippen LogP contribution is 2.24. The van der Waals surface area contributed by atoms with E-state index < -0.39 is 0 Å². The van der Waals surface area contributed by atoms with Crippen molar-refractivity contribution in [1.82, 2.24) is 5.32 Å². The molecule has 0 fully saturated rings. The van der Waals surface area contributed by atoms with Gasteiger partial charge >= 0.3 is 0 Å². The van der Waals surface area contributed by atoms with Crippen LogP contribution >= 0.6 is 22.6 Å². The Morgan fingerprint density at radius 3 is 2.54 bits per heavy atom. The van der Waals surface area contributed by atoms with Gasteiger partial charge in [0.05, 0.1) is 0 Å². The van der Waals surface area contributed by atoms with E-state index in [0.29, 0.717) is 0 Å². The number of carbonyl (C=O) groups is 1. The molecule has 0 aliphatic heterocycles. The highest BCUT2D eigenvalue weighted by Gasteiger charge is 2.19. The van der Waals surface area contributed by atoms with Gasteiger partial charge in [0.15, 0.2) is 0 Å². The topological polar surface area (TPSA) is 29.1 Å². The molecule has 0 heterocycles. The molecule has 0 aromatic rings. The summed E-state index contributed by atoms with van der Waals surface area (Å²) in [5, 5.41) is 2.87. The minimum atomic E-state index is 0.0679. The van der Waals surface area contributed by atoms with E-state index in [0.717, 1.165) is 6.54 Å². The van der Waals surface area contributed by atoms with Crippen LogP contribution in [0.3, 0.4) is 0 Å². The summed E-state index contributed by atoms with van der Waals surface area (Å²) in [4.78, 5) is 10.7. The molecular weight excluding hydrogens is 277 g/mol. The maximum atomic E-state index is 10.7. The summed E-state index contributed by atoms with van der Waals surface area (Å²) in [5.74, 6) is 0.0679. The molecule has 0 bridgehead atoms. The van der Waals surface area contributed by atoms with Crippen LogP contribution in [-0.4, -0.2) is 15.9 Å². The molecule has 0 saturated heterocycles. The maximum absolute atomic E-state index is 10.7. The van der Waals surface area contributed by atoms with Gasteiger partial charge in [-0.25, -0.2) is 0 Å². The van der Waals surface area contributed by atoms with Crippen molar-refractivity contribution in [2.24, 2.45) is 0 Å². The lowest BCUT2D eigenvalue weighted by atomic mass is 10.0. The van der Waals surface area contributed by atoms with E-state index in [9.17, 15) is 4.79 Å². The number of hydrogen-bond donors (Lipinski definition) is 1. The molecule has 0 unspecified atom stereocenters. The molecule has 0 aromatic carbocycles. The van der Waals surface area contributed by atoms with Crippen LogP contribution in [0.15, 0.2) is 0 Å². The van der Waals surface area contributed by atoms with E-state index in [4.69, 9.17) is 0 Å². The lowest BCUT2D eigenvalue weighted by Crippen LogP contribution is -2.34. The van der Waals surface area contributed by atoms with Crippen molar-refractivity contribution in [2.75, 3.05) is 6.54 Å². The maximum Gasteiger partial charge on any atom is 0.216 e. The number of unbranched alkanes of at least 4 members (excludes halogenated alkanes) is 2. The third-order valence-corrected chi connectivity index (χ3v) is 2.93. The Balaban J connectivity index is 3.59. The van der Waals surface area contributed by atoms with Crippen molar-refractivity contribution in [2.45, 2.75) is 49.9 Å². The predicted octanol–water partition coefficient (Wildman–Crippen LogP) is 2.90. The smallest absolute Gasteiger partial charge is 0.216 e. The van der Waals surface area contributed by atoms with Crippen LogP contribution in [-0.2, 0) is 4.79 Å². The quantitative estimate of drug-likeness (QED) is 0.456. The molecule has 0 saturated carbocycles. The number of halogens is 1. The van der Waals surface area contributed by atoms with Gasteiger partial charge in [-0.1, -0.05) is 48.8 Å². The number of hydrogen-bond acceptors (Lipinski definition) is 1. The molecule has 0 aromatic heterocycles. The zero-order chi connectivity index (χ0) is 10.3. The molecule has 0 spiro atoms. The molecular formula is C10H20INO. The van der Waals surface area contributed by atoms with Crippen LogP contribution < -0.4 is 5.32 Å². The number of rotatable bonds is 6. The van der Waals surface area contributed by atoms with Crippen molar-refractivity contribution in [1.29, 1.82) is 0 Å². The first kappa shape index (κ1) is 13.2. The normalized spacial score (nSPS) is 15.1. The molecule has 1 atom stereocenters. The van der Waals surface area contributed by atoms with Gasteiger partial charge in [-0.05, 0) is 13.3 Å². The summed E-state index contributed by atoms with van der Waals surface area (Å²) < 4.78 is 0.221. The molecule has 13 heavy (non-hydrogen) atoms. The predicted molar refractivity (Wildman–Crippen MR) is 65.3 cm³/mol. The Bertz CT molecular complexity index is 157. The van der Waals surface area contributed by atoms with Crippen LogP contribution in [0, 0.1) is 0 Å². The third-order valence-electron chi connectivity index (χ3n) is 2.01. The fourth-order valence-electron chi connectivity index (χ4n) is 1.14. The van der Waals surface area contributed by atoms with E-state index in [1.165, 1.54) is 25.7 Å². The average molecular weight is 297 g/mol. The SMILES string of the molecule is CCCCC[C@@](C)(I)CNC(C)=O. The van der Waals surface area contributed by atoms with E-state index in [1.807, 2.05) is 0 Å². The minimum Gasteiger partial charge on any atom is -0.355 e. The van der Waals surface area contributed by atoms with Crippen LogP contribution in [0.4, 0.5) is 0 Å². The second-order valence-electron chi connectivity index (χ2n) is 3.78. The largest absolute Gasteiger partial charge is 0.355 e. The van der Waals surface area contributed by atoms with E-state index in [-0.39, 0.29) is 9.33 Å². The Kier molecular flexibility index (Phi) is 6.73. The van der Waals surface area contributed by atoms with Crippen molar-refractivity contribution in [3.8, 4) is 0 Å². The third kappa shape index (κ3) is 8.53. The van der Waals surface area contributed by atoms with Gasteiger partial charge < -0.3 is 5.32 Å². The van der Waals surface area contributed by atoms with Crippen molar-refractivity contribution >= 4 is 28.5 Å². The molecule has 0 aliphatic rings. The van der Waals surface area contributed by atoms with Gasteiger partial charge in [-0.3, -0.25) is 4.79 Å². The van der Waals surface area contributed by atoms with Crippen LogP contribution in [0.1, 0.15) is 46.5 Å². The number of nitrogens with one attached hydrogen (secondary N) is 1. The first-order valence-corrected chi connectivity index (χ1v) is 5.99. The highest BCUT2D eigenvalue weighted by atomic mass is 127. The average Bonchev–Trinajstić information content (AvgIpc) is 2.02. The van der Waals surface area contributed by atoms with E-state index >= 15 is 0 Å². The zero-order valence-corrected chi connectivity index (χ0v) is 11.0. The van der Waals surface area contributed by atoms with Crippen LogP contribution in [0.25, 0.3) is 0 Å². The molecule has 0 radical (unpaired) electrons. The van der Waals surface area contributed by atoms with Gasteiger partial charge in [-0.15, -0.1) is 0 Å². The second kappa shape index (κ2) is 6.62. The number of amides is 1. The van der Waals surface area contributed by atoms with Gasteiger partial charge in [0.2, 0.25) is 5.91 Å². The van der Waals surface area contributed by atoms with E-state index in [2.05, 4.69) is 41.8 Å². The van der Waals surface area contributed by atoms with Gasteiger partial charge in [0, 0.05) is 16.9 Å². The van der Waals surface area contributed by atoms with Gasteiger partial charge in [0.25, 0.3) is 0 Å². The van der Waals surface area contributed by atoms with Crippen molar-refractivity contribution < 1.29 is 4.79 Å². The Hall–Kier alpha value is 0.200. The Morgan fingerprint density at radius 1 is 1.46 bits per heavy atom. The Morgan fingerprint density at radius 2 is 2.08 bits per heavy atom. The minimum absolute atomic E-state index is 0.0679. The molecule has 1 N–H and O–H groups in total. The fourth-order valence-corrected chi connectivity index (χ4v) is 1.71. The Labute approximate surface area is 95.0 Å². The lowest BCUT2D eigenvalue weighted by Gasteiger charge is -2.22. The van der Waals surface area contributed by atoms with Crippen molar-refractivity contribution in [3.63, 3.8) is 0 Å². The monoisotopic (exact) mass is 297 g/mol.